The number of halogens is 1. The number of aryl methyl sites for hydroxylation is 2. The van der Waals surface area contributed by atoms with Gasteiger partial charge in [-0.05, 0) is 40.0 Å². The molecule has 0 aliphatic heterocycles. The first-order valence-electron chi connectivity index (χ1n) is 7.61. The SMILES string of the molecule is CCNC(=NCc1nc(C)c(C)s1)NCCCCCOC.I. The lowest BCUT2D eigenvalue weighted by molar-refractivity contribution is 0.192. The molecule has 1 heterocycles. The van der Waals surface area contributed by atoms with Gasteiger partial charge in [-0.15, -0.1) is 35.3 Å². The van der Waals surface area contributed by atoms with Gasteiger partial charge >= 0.3 is 0 Å². The normalized spacial score (nSPS) is 11.2. The first-order valence-corrected chi connectivity index (χ1v) is 8.43. The number of nitrogens with one attached hydrogen (secondary N) is 2. The Balaban J connectivity index is 0.00000441. The van der Waals surface area contributed by atoms with Crippen LogP contribution in [0.25, 0.3) is 0 Å². The molecule has 22 heavy (non-hydrogen) atoms. The molecular formula is C15H29IN4OS. The smallest absolute Gasteiger partial charge is 0.191 e. The van der Waals surface area contributed by atoms with Gasteiger partial charge in [0, 0.05) is 31.7 Å². The van der Waals surface area contributed by atoms with Crippen molar-refractivity contribution in [2.75, 3.05) is 26.8 Å². The molecule has 0 saturated heterocycles. The van der Waals surface area contributed by atoms with Crippen molar-refractivity contribution in [1.29, 1.82) is 0 Å². The minimum atomic E-state index is 0. The molecule has 2 N–H and O–H groups in total. The number of rotatable bonds is 9. The number of thiazole rings is 1. The van der Waals surface area contributed by atoms with Crippen molar-refractivity contribution >= 4 is 41.3 Å². The number of guanidine groups is 1. The molecule has 0 aromatic carbocycles. The Labute approximate surface area is 155 Å². The molecule has 0 amide bonds. The maximum absolute atomic E-state index is 5.04. The summed E-state index contributed by atoms with van der Waals surface area (Å²) in [6.07, 6.45) is 3.41. The molecule has 1 aromatic heterocycles. The summed E-state index contributed by atoms with van der Waals surface area (Å²) >= 11 is 1.72. The van der Waals surface area contributed by atoms with Crippen LogP contribution in [0.4, 0.5) is 0 Å². The summed E-state index contributed by atoms with van der Waals surface area (Å²) in [5.41, 5.74) is 1.11. The number of unbranched alkanes of at least 4 members (excludes halogenated alkanes) is 2. The third-order valence-corrected chi connectivity index (χ3v) is 4.16. The third kappa shape index (κ3) is 8.89. The van der Waals surface area contributed by atoms with Crippen LogP contribution < -0.4 is 10.6 Å². The van der Waals surface area contributed by atoms with Crippen LogP contribution >= 0.6 is 35.3 Å². The minimum Gasteiger partial charge on any atom is -0.385 e. The zero-order chi connectivity index (χ0) is 15.5. The average molecular weight is 440 g/mol. The van der Waals surface area contributed by atoms with Crippen LogP contribution in [0.2, 0.25) is 0 Å². The van der Waals surface area contributed by atoms with Gasteiger partial charge in [0.25, 0.3) is 0 Å². The van der Waals surface area contributed by atoms with E-state index in [9.17, 15) is 0 Å². The van der Waals surface area contributed by atoms with Crippen molar-refractivity contribution in [3.05, 3.63) is 15.6 Å². The lowest BCUT2D eigenvalue weighted by Gasteiger charge is -2.10. The van der Waals surface area contributed by atoms with E-state index in [0.717, 1.165) is 49.2 Å². The first-order chi connectivity index (χ1) is 10.2. The monoisotopic (exact) mass is 440 g/mol. The highest BCUT2D eigenvalue weighted by atomic mass is 127. The maximum Gasteiger partial charge on any atom is 0.191 e. The number of aromatic nitrogens is 1. The van der Waals surface area contributed by atoms with Gasteiger partial charge < -0.3 is 15.4 Å². The number of aliphatic imine (C=N–C) groups is 1. The highest BCUT2D eigenvalue weighted by molar-refractivity contribution is 14.0. The summed E-state index contributed by atoms with van der Waals surface area (Å²) in [6, 6.07) is 0. The molecule has 0 radical (unpaired) electrons. The van der Waals surface area contributed by atoms with Crippen LogP contribution in [0.1, 0.15) is 41.8 Å². The zero-order valence-electron chi connectivity index (χ0n) is 14.1. The lowest BCUT2D eigenvalue weighted by atomic mass is 10.2. The van der Waals surface area contributed by atoms with Crippen LogP contribution in [0.15, 0.2) is 4.99 Å². The highest BCUT2D eigenvalue weighted by Gasteiger charge is 2.03. The van der Waals surface area contributed by atoms with E-state index < -0.39 is 0 Å². The zero-order valence-corrected chi connectivity index (χ0v) is 17.2. The lowest BCUT2D eigenvalue weighted by Crippen LogP contribution is -2.37. The maximum atomic E-state index is 5.04. The van der Waals surface area contributed by atoms with E-state index in [-0.39, 0.29) is 24.0 Å². The van der Waals surface area contributed by atoms with E-state index in [1.165, 1.54) is 11.3 Å². The van der Waals surface area contributed by atoms with Gasteiger partial charge in [-0.25, -0.2) is 9.98 Å². The first kappa shape index (κ1) is 21.6. The average Bonchev–Trinajstić information content (AvgIpc) is 2.79. The molecule has 0 fully saturated rings. The van der Waals surface area contributed by atoms with E-state index in [0.29, 0.717) is 6.54 Å². The molecule has 0 aliphatic rings. The van der Waals surface area contributed by atoms with Crippen LogP contribution in [-0.4, -0.2) is 37.7 Å². The van der Waals surface area contributed by atoms with Crippen molar-refractivity contribution < 1.29 is 4.74 Å². The topological polar surface area (TPSA) is 58.5 Å². The third-order valence-electron chi connectivity index (χ3n) is 3.11. The summed E-state index contributed by atoms with van der Waals surface area (Å²) in [4.78, 5) is 10.4. The molecule has 1 rings (SSSR count). The Kier molecular flexibility index (Phi) is 12.8. The summed E-state index contributed by atoms with van der Waals surface area (Å²) < 4.78 is 5.04. The van der Waals surface area contributed by atoms with Gasteiger partial charge in [-0.1, -0.05) is 0 Å². The number of hydrogen-bond donors (Lipinski definition) is 2. The Morgan fingerprint density at radius 2 is 2.00 bits per heavy atom. The van der Waals surface area contributed by atoms with Gasteiger partial charge in [0.2, 0.25) is 0 Å². The molecule has 0 aliphatic carbocycles. The van der Waals surface area contributed by atoms with Gasteiger partial charge in [0.1, 0.15) is 5.01 Å². The molecule has 0 atom stereocenters. The molecule has 1 aromatic rings. The predicted octanol–water partition coefficient (Wildman–Crippen LogP) is 3.25. The van der Waals surface area contributed by atoms with Crippen molar-refractivity contribution in [3.63, 3.8) is 0 Å². The summed E-state index contributed by atoms with van der Waals surface area (Å²) in [5, 5.41) is 7.70. The molecule has 0 unspecified atom stereocenters. The molecule has 0 bridgehead atoms. The fraction of sp³-hybridized carbons (Fsp3) is 0.733. The summed E-state index contributed by atoms with van der Waals surface area (Å²) in [5.74, 6) is 0.870. The quantitative estimate of drug-likeness (QED) is 0.268. The highest BCUT2D eigenvalue weighted by Crippen LogP contribution is 2.16. The van der Waals surface area contributed by atoms with Crippen LogP contribution in [0, 0.1) is 13.8 Å². The fourth-order valence-corrected chi connectivity index (χ4v) is 2.71. The predicted molar refractivity (Wildman–Crippen MR) is 106 cm³/mol. The molecular weight excluding hydrogens is 411 g/mol. The largest absolute Gasteiger partial charge is 0.385 e. The van der Waals surface area contributed by atoms with Gasteiger partial charge in [-0.2, -0.15) is 0 Å². The van der Waals surface area contributed by atoms with Crippen molar-refractivity contribution in [2.24, 2.45) is 4.99 Å². The van der Waals surface area contributed by atoms with Gasteiger partial charge in [-0.3, -0.25) is 0 Å². The Bertz CT molecular complexity index is 418. The minimum absolute atomic E-state index is 0. The van der Waals surface area contributed by atoms with Gasteiger partial charge in [0.05, 0.1) is 12.2 Å². The van der Waals surface area contributed by atoms with E-state index >= 15 is 0 Å². The Morgan fingerprint density at radius 3 is 2.59 bits per heavy atom. The molecule has 7 heteroatoms. The van der Waals surface area contributed by atoms with E-state index in [1.54, 1.807) is 18.4 Å². The van der Waals surface area contributed by atoms with Crippen LogP contribution in [0.3, 0.4) is 0 Å². The Hall–Kier alpha value is -0.410. The second kappa shape index (κ2) is 13.1. The van der Waals surface area contributed by atoms with Crippen molar-refractivity contribution in [2.45, 2.75) is 46.6 Å². The molecule has 0 spiro atoms. The Morgan fingerprint density at radius 1 is 1.23 bits per heavy atom. The van der Waals surface area contributed by atoms with E-state index in [2.05, 4.69) is 34.5 Å². The van der Waals surface area contributed by atoms with E-state index in [1.807, 2.05) is 6.92 Å². The number of methoxy groups -OCH3 is 1. The van der Waals surface area contributed by atoms with Crippen molar-refractivity contribution in [3.8, 4) is 0 Å². The van der Waals surface area contributed by atoms with Crippen molar-refractivity contribution in [1.82, 2.24) is 15.6 Å². The van der Waals surface area contributed by atoms with E-state index in [4.69, 9.17) is 4.74 Å². The molecule has 128 valence electrons. The molecule has 5 nitrogen and oxygen atoms in total. The van der Waals surface area contributed by atoms with Crippen LogP contribution in [-0.2, 0) is 11.3 Å². The second-order valence-electron chi connectivity index (χ2n) is 4.92. The number of nitrogens with zero attached hydrogens (tertiary/aromatic N) is 2. The summed E-state index contributed by atoms with van der Waals surface area (Å²) in [7, 11) is 1.75. The molecule has 0 saturated carbocycles. The van der Waals surface area contributed by atoms with Crippen LogP contribution in [0.5, 0.6) is 0 Å². The number of hydrogen-bond acceptors (Lipinski definition) is 4. The van der Waals surface area contributed by atoms with Gasteiger partial charge in [0.15, 0.2) is 5.96 Å². The standard InChI is InChI=1S/C15H28N4OS.HI/c1-5-16-15(17-9-7-6-8-10-20-4)18-11-14-19-12(2)13(3)21-14;/h5-11H2,1-4H3,(H2,16,17,18);1H. The number of ether oxygens (including phenoxy) is 1. The second-order valence-corrected chi connectivity index (χ2v) is 6.21. The summed E-state index contributed by atoms with van der Waals surface area (Å²) in [6.45, 7) is 9.51. The fourth-order valence-electron chi connectivity index (χ4n) is 1.85.